The van der Waals surface area contributed by atoms with Crippen molar-refractivity contribution in [2.75, 3.05) is 30.2 Å². The zero-order valence-electron chi connectivity index (χ0n) is 16.3. The van der Waals surface area contributed by atoms with Crippen LogP contribution >= 0.6 is 0 Å². The highest BCUT2D eigenvalue weighted by Gasteiger charge is 2.32. The van der Waals surface area contributed by atoms with Crippen LogP contribution in [0.25, 0.3) is 0 Å². The number of carbonyl (C=O) groups is 2. The van der Waals surface area contributed by atoms with E-state index in [1.807, 2.05) is 19.1 Å². The van der Waals surface area contributed by atoms with Crippen molar-refractivity contribution >= 4 is 29.1 Å². The van der Waals surface area contributed by atoms with Crippen molar-refractivity contribution < 1.29 is 19.1 Å². The monoisotopic (exact) mass is 375 g/mol. The van der Waals surface area contributed by atoms with E-state index in [0.717, 1.165) is 55.5 Å². The first-order chi connectivity index (χ1) is 13.0. The molecule has 1 aromatic rings. The average molecular weight is 375 g/mol. The Morgan fingerprint density at radius 2 is 1.96 bits per heavy atom. The molecule has 1 heterocycles. The van der Waals surface area contributed by atoms with Crippen LogP contribution in [0.3, 0.4) is 0 Å². The van der Waals surface area contributed by atoms with E-state index in [1.54, 1.807) is 4.90 Å². The number of methoxy groups -OCH3 is 2. The van der Waals surface area contributed by atoms with Crippen molar-refractivity contribution in [1.82, 2.24) is 0 Å². The summed E-state index contributed by atoms with van der Waals surface area (Å²) in [5.74, 6) is -0.196. The van der Waals surface area contributed by atoms with Crippen LogP contribution in [-0.4, -0.2) is 38.4 Å². The minimum Gasteiger partial charge on any atom is -0.469 e. The minimum absolute atomic E-state index is 0.0595. The van der Waals surface area contributed by atoms with Crippen LogP contribution in [0, 0.1) is 5.92 Å². The summed E-state index contributed by atoms with van der Waals surface area (Å²) in [6.07, 6.45) is 4.89. The second-order valence-electron chi connectivity index (χ2n) is 7.48. The Morgan fingerprint density at radius 1 is 1.19 bits per heavy atom. The fraction of sp³-hybridized carbons (Fsp3) is 0.600. The highest BCUT2D eigenvalue weighted by atomic mass is 16.5. The number of benzene rings is 1. The van der Waals surface area contributed by atoms with Gasteiger partial charge >= 0.3 is 12.1 Å². The van der Waals surface area contributed by atoms with Crippen LogP contribution in [0.2, 0.25) is 0 Å². The summed E-state index contributed by atoms with van der Waals surface area (Å²) < 4.78 is 9.84. The van der Waals surface area contributed by atoms with Gasteiger partial charge in [0.1, 0.15) is 0 Å². The molecule has 2 aliphatic rings. The SMILES string of the molecule is COC(=O)[C@@H]1CCC[C@@H](Nc2ccc3c(c2N)CC[C@H](C)N3C(=O)OC)C1. The van der Waals surface area contributed by atoms with Crippen LogP contribution in [0.1, 0.15) is 44.6 Å². The number of nitrogens with zero attached hydrogens (tertiary/aromatic N) is 1. The number of ether oxygens (including phenoxy) is 2. The van der Waals surface area contributed by atoms with Gasteiger partial charge in [-0.05, 0) is 51.2 Å². The van der Waals surface area contributed by atoms with E-state index in [1.165, 1.54) is 14.2 Å². The van der Waals surface area contributed by atoms with Crippen LogP contribution in [0.4, 0.5) is 21.9 Å². The van der Waals surface area contributed by atoms with Gasteiger partial charge in [-0.1, -0.05) is 6.42 Å². The Hall–Kier alpha value is -2.44. The maximum atomic E-state index is 12.2. The second-order valence-corrected chi connectivity index (χ2v) is 7.48. The lowest BCUT2D eigenvalue weighted by Crippen LogP contribution is -2.42. The number of esters is 1. The molecule has 0 radical (unpaired) electrons. The molecule has 1 saturated carbocycles. The van der Waals surface area contributed by atoms with E-state index < -0.39 is 0 Å². The summed E-state index contributed by atoms with van der Waals surface area (Å²) in [4.78, 5) is 25.7. The van der Waals surface area contributed by atoms with Gasteiger partial charge in [0.15, 0.2) is 0 Å². The molecule has 3 atom stereocenters. The topological polar surface area (TPSA) is 93.9 Å². The lowest BCUT2D eigenvalue weighted by Gasteiger charge is -2.36. The number of hydrogen-bond acceptors (Lipinski definition) is 6. The predicted octanol–water partition coefficient (Wildman–Crippen LogP) is 3.32. The molecule has 7 heteroatoms. The standard InChI is InChI=1S/C20H29N3O4/c1-12-7-8-15-17(23(12)20(25)27-3)10-9-16(18(15)21)22-14-6-4-5-13(11-14)19(24)26-2/h9-10,12-14,22H,4-8,11,21H2,1-3H3/t12-,13+,14+/m0/s1. The third kappa shape index (κ3) is 3.82. The van der Waals surface area contributed by atoms with E-state index in [2.05, 4.69) is 5.32 Å². The van der Waals surface area contributed by atoms with Crippen molar-refractivity contribution in [3.63, 3.8) is 0 Å². The molecule has 1 aliphatic heterocycles. The van der Waals surface area contributed by atoms with Gasteiger partial charge in [0.25, 0.3) is 0 Å². The van der Waals surface area contributed by atoms with E-state index in [-0.39, 0.29) is 30.1 Å². The molecule has 27 heavy (non-hydrogen) atoms. The summed E-state index contributed by atoms with van der Waals surface area (Å²) in [5, 5.41) is 3.51. The van der Waals surface area contributed by atoms with Crippen LogP contribution in [0.5, 0.6) is 0 Å². The number of nitrogens with one attached hydrogen (secondary N) is 1. The van der Waals surface area contributed by atoms with Gasteiger partial charge in [0, 0.05) is 17.6 Å². The first kappa shape index (κ1) is 19.3. The summed E-state index contributed by atoms with van der Waals surface area (Å²) in [5.41, 5.74) is 9.79. The van der Waals surface area contributed by atoms with Crippen molar-refractivity contribution in [2.24, 2.45) is 5.92 Å². The fourth-order valence-electron chi connectivity index (χ4n) is 4.29. The molecule has 3 N–H and O–H groups in total. The molecule has 0 saturated heterocycles. The maximum Gasteiger partial charge on any atom is 0.414 e. The van der Waals surface area contributed by atoms with Crippen molar-refractivity contribution in [3.05, 3.63) is 17.7 Å². The van der Waals surface area contributed by atoms with Crippen LogP contribution in [-0.2, 0) is 20.7 Å². The second kappa shape index (κ2) is 8.06. The van der Waals surface area contributed by atoms with Crippen molar-refractivity contribution in [1.29, 1.82) is 0 Å². The summed E-state index contributed by atoms with van der Waals surface area (Å²) >= 11 is 0. The molecule has 1 amide bonds. The van der Waals surface area contributed by atoms with E-state index in [9.17, 15) is 9.59 Å². The molecule has 1 fully saturated rings. The van der Waals surface area contributed by atoms with Gasteiger partial charge in [-0.15, -0.1) is 0 Å². The van der Waals surface area contributed by atoms with E-state index in [4.69, 9.17) is 15.2 Å². The number of nitrogens with two attached hydrogens (primary N) is 1. The summed E-state index contributed by atoms with van der Waals surface area (Å²) in [6.45, 7) is 2.01. The molecule has 1 aliphatic carbocycles. The third-order valence-electron chi connectivity index (χ3n) is 5.78. The zero-order valence-corrected chi connectivity index (χ0v) is 16.3. The van der Waals surface area contributed by atoms with Gasteiger partial charge in [0.2, 0.25) is 0 Å². The molecular weight excluding hydrogens is 346 g/mol. The van der Waals surface area contributed by atoms with Gasteiger partial charge in [-0.2, -0.15) is 0 Å². The Morgan fingerprint density at radius 3 is 2.67 bits per heavy atom. The summed E-state index contributed by atoms with van der Waals surface area (Å²) in [7, 11) is 2.83. The normalized spacial score (nSPS) is 24.7. The third-order valence-corrected chi connectivity index (χ3v) is 5.78. The van der Waals surface area contributed by atoms with Gasteiger partial charge < -0.3 is 20.5 Å². The average Bonchev–Trinajstić information content (AvgIpc) is 2.69. The van der Waals surface area contributed by atoms with Gasteiger partial charge in [-0.3, -0.25) is 9.69 Å². The largest absolute Gasteiger partial charge is 0.469 e. The first-order valence-electron chi connectivity index (χ1n) is 9.59. The summed E-state index contributed by atoms with van der Waals surface area (Å²) in [6, 6.07) is 4.11. The number of carbonyl (C=O) groups excluding carboxylic acids is 2. The van der Waals surface area contributed by atoms with Crippen molar-refractivity contribution in [3.8, 4) is 0 Å². The molecule has 7 nitrogen and oxygen atoms in total. The molecular formula is C20H29N3O4. The molecule has 0 aromatic heterocycles. The van der Waals surface area contributed by atoms with Crippen molar-refractivity contribution in [2.45, 2.75) is 57.5 Å². The molecule has 148 valence electrons. The Labute approximate surface area is 160 Å². The fourth-order valence-corrected chi connectivity index (χ4v) is 4.29. The van der Waals surface area contributed by atoms with Gasteiger partial charge in [-0.25, -0.2) is 4.79 Å². The maximum absolute atomic E-state index is 12.2. The molecule has 1 aromatic carbocycles. The number of anilines is 3. The molecule has 0 bridgehead atoms. The first-order valence-corrected chi connectivity index (χ1v) is 9.59. The van der Waals surface area contributed by atoms with E-state index in [0.29, 0.717) is 5.69 Å². The number of amides is 1. The lowest BCUT2D eigenvalue weighted by molar-refractivity contribution is -0.146. The van der Waals surface area contributed by atoms with Gasteiger partial charge in [0.05, 0.1) is 37.2 Å². The highest BCUT2D eigenvalue weighted by Crippen LogP contribution is 2.39. The van der Waals surface area contributed by atoms with Crippen LogP contribution in [0.15, 0.2) is 12.1 Å². The predicted molar refractivity (Wildman–Crippen MR) is 105 cm³/mol. The molecule has 0 spiro atoms. The van der Waals surface area contributed by atoms with E-state index >= 15 is 0 Å². The number of hydrogen-bond donors (Lipinski definition) is 2. The minimum atomic E-state index is -0.364. The smallest absolute Gasteiger partial charge is 0.414 e. The number of nitrogen functional groups attached to an aromatic ring is 1. The Kier molecular flexibility index (Phi) is 5.77. The number of rotatable bonds is 3. The number of fused-ring (bicyclic) bond motifs is 1. The molecule has 3 rings (SSSR count). The van der Waals surface area contributed by atoms with Crippen LogP contribution < -0.4 is 16.0 Å². The zero-order chi connectivity index (χ0) is 19.6. The Balaban J connectivity index is 1.80. The Bertz CT molecular complexity index is 721. The quantitative estimate of drug-likeness (QED) is 0.622. The highest BCUT2D eigenvalue weighted by molar-refractivity contribution is 5.93. The molecule has 0 unspecified atom stereocenters. The lowest BCUT2D eigenvalue weighted by atomic mass is 9.85.